The van der Waals surface area contributed by atoms with E-state index < -0.39 is 0 Å². The van der Waals surface area contributed by atoms with Crippen molar-refractivity contribution < 1.29 is 9.53 Å². The van der Waals surface area contributed by atoms with Crippen molar-refractivity contribution in [1.29, 1.82) is 0 Å². The fourth-order valence-electron chi connectivity index (χ4n) is 2.51. The Morgan fingerprint density at radius 2 is 2.19 bits per heavy atom. The number of carbonyl (C=O) groups excluding carboxylic acids is 1. The predicted molar refractivity (Wildman–Crippen MR) is 64.9 cm³/mol. The molecule has 3 unspecified atom stereocenters. The topological polar surface area (TPSA) is 38.3 Å². The van der Waals surface area contributed by atoms with Gasteiger partial charge in [-0.25, -0.2) is 4.79 Å². The maximum atomic E-state index is 11.4. The first-order chi connectivity index (χ1) is 7.54. The number of carbonyl (C=O) groups is 1. The molecule has 0 aromatic rings. The van der Waals surface area contributed by atoms with Gasteiger partial charge >= 0.3 is 6.09 Å². The summed E-state index contributed by atoms with van der Waals surface area (Å²) < 4.78 is 5.45. The van der Waals surface area contributed by atoms with Crippen LogP contribution in [0.25, 0.3) is 0 Å². The molecule has 16 heavy (non-hydrogen) atoms. The van der Waals surface area contributed by atoms with E-state index in [1.807, 2.05) is 0 Å². The van der Waals surface area contributed by atoms with E-state index in [9.17, 15) is 4.79 Å². The minimum absolute atomic E-state index is 0.0590. The van der Waals surface area contributed by atoms with Gasteiger partial charge in [-0.1, -0.05) is 33.8 Å². The smallest absolute Gasteiger partial charge is 0.411 e. The lowest BCUT2D eigenvalue weighted by molar-refractivity contribution is 0.00767. The Kier molecular flexibility index (Phi) is 4.84. The van der Waals surface area contributed by atoms with Crippen molar-refractivity contribution in [3.8, 4) is 0 Å². The molecule has 0 saturated heterocycles. The minimum Gasteiger partial charge on any atom is -0.446 e. The lowest BCUT2D eigenvalue weighted by atomic mass is 9.75. The summed E-state index contributed by atoms with van der Waals surface area (Å²) in [4.78, 5) is 11.4. The van der Waals surface area contributed by atoms with Crippen LogP contribution in [-0.4, -0.2) is 12.2 Å². The number of amides is 1. The van der Waals surface area contributed by atoms with Gasteiger partial charge in [0.05, 0.1) is 0 Å². The monoisotopic (exact) mass is 225 g/mol. The first-order valence-electron chi connectivity index (χ1n) is 6.12. The molecule has 3 heteroatoms. The first-order valence-corrected chi connectivity index (χ1v) is 6.12. The van der Waals surface area contributed by atoms with Gasteiger partial charge in [-0.05, 0) is 36.8 Å². The molecule has 0 heterocycles. The second-order valence-electron chi connectivity index (χ2n) is 5.12. The Morgan fingerprint density at radius 3 is 2.75 bits per heavy atom. The standard InChI is InChI=1S/C13H23NO2/c1-5-14-13(15)16-12-8-10(4)6-7-11(12)9(2)3/h5,9-12H,1,6-8H2,2-4H3,(H,14,15). The van der Waals surface area contributed by atoms with E-state index in [4.69, 9.17) is 4.74 Å². The third-order valence-electron chi connectivity index (χ3n) is 3.44. The van der Waals surface area contributed by atoms with E-state index in [0.29, 0.717) is 17.8 Å². The summed E-state index contributed by atoms with van der Waals surface area (Å²) >= 11 is 0. The first kappa shape index (κ1) is 13.1. The molecule has 0 aliphatic heterocycles. The summed E-state index contributed by atoms with van der Waals surface area (Å²) in [5, 5.41) is 2.47. The lowest BCUT2D eigenvalue weighted by Crippen LogP contribution is -2.37. The molecule has 1 amide bonds. The Labute approximate surface area is 98.2 Å². The molecule has 0 aromatic carbocycles. The highest BCUT2D eigenvalue weighted by atomic mass is 16.6. The second-order valence-corrected chi connectivity index (χ2v) is 5.12. The van der Waals surface area contributed by atoms with Crippen LogP contribution in [0.15, 0.2) is 12.8 Å². The van der Waals surface area contributed by atoms with Gasteiger partial charge in [0.15, 0.2) is 0 Å². The molecule has 3 nitrogen and oxygen atoms in total. The average Bonchev–Trinajstić information content (AvgIpc) is 2.17. The second kappa shape index (κ2) is 5.92. The van der Waals surface area contributed by atoms with Gasteiger partial charge in [-0.3, -0.25) is 5.32 Å². The Morgan fingerprint density at radius 1 is 1.50 bits per heavy atom. The van der Waals surface area contributed by atoms with E-state index in [1.165, 1.54) is 12.6 Å². The summed E-state index contributed by atoms with van der Waals surface area (Å²) in [6.07, 6.45) is 4.42. The Hall–Kier alpha value is -0.990. The van der Waals surface area contributed by atoms with Crippen LogP contribution in [0.3, 0.4) is 0 Å². The maximum absolute atomic E-state index is 11.4. The van der Waals surface area contributed by atoms with E-state index in [1.54, 1.807) is 0 Å². The highest BCUT2D eigenvalue weighted by Crippen LogP contribution is 2.35. The highest BCUT2D eigenvalue weighted by molar-refractivity contribution is 5.68. The molecule has 0 aromatic heterocycles. The van der Waals surface area contributed by atoms with Crippen LogP contribution in [0.5, 0.6) is 0 Å². The summed E-state index contributed by atoms with van der Waals surface area (Å²) in [5.41, 5.74) is 0. The van der Waals surface area contributed by atoms with Crippen molar-refractivity contribution in [2.24, 2.45) is 17.8 Å². The van der Waals surface area contributed by atoms with Gasteiger partial charge in [0.2, 0.25) is 0 Å². The van der Waals surface area contributed by atoms with Crippen molar-refractivity contribution in [3.63, 3.8) is 0 Å². The van der Waals surface area contributed by atoms with E-state index in [2.05, 4.69) is 32.7 Å². The Bertz CT molecular complexity index is 250. The molecule has 0 bridgehead atoms. The minimum atomic E-state index is -0.375. The molecule has 1 aliphatic rings. The molecular formula is C13H23NO2. The summed E-state index contributed by atoms with van der Waals surface area (Å²) in [5.74, 6) is 1.71. The van der Waals surface area contributed by atoms with Gasteiger partial charge < -0.3 is 4.74 Å². The predicted octanol–water partition coefficient (Wildman–Crippen LogP) is 3.32. The van der Waals surface area contributed by atoms with Crippen LogP contribution in [-0.2, 0) is 4.74 Å². The van der Waals surface area contributed by atoms with Crippen molar-refractivity contribution in [3.05, 3.63) is 12.8 Å². The van der Waals surface area contributed by atoms with Crippen molar-refractivity contribution in [1.82, 2.24) is 5.32 Å². The molecule has 1 saturated carbocycles. The van der Waals surface area contributed by atoms with Crippen LogP contribution >= 0.6 is 0 Å². The van der Waals surface area contributed by atoms with Crippen molar-refractivity contribution in [2.75, 3.05) is 0 Å². The molecule has 1 N–H and O–H groups in total. The molecule has 92 valence electrons. The summed E-state index contributed by atoms with van der Waals surface area (Å²) in [6, 6.07) is 0. The zero-order valence-corrected chi connectivity index (χ0v) is 10.5. The molecule has 3 atom stereocenters. The molecule has 1 fully saturated rings. The largest absolute Gasteiger partial charge is 0.446 e. The van der Waals surface area contributed by atoms with Gasteiger partial charge in [-0.15, -0.1) is 0 Å². The molecular weight excluding hydrogens is 202 g/mol. The van der Waals surface area contributed by atoms with Gasteiger partial charge in [-0.2, -0.15) is 0 Å². The highest BCUT2D eigenvalue weighted by Gasteiger charge is 2.33. The number of hydrogen-bond donors (Lipinski definition) is 1. The molecule has 0 radical (unpaired) electrons. The lowest BCUT2D eigenvalue weighted by Gasteiger charge is -2.36. The third-order valence-corrected chi connectivity index (χ3v) is 3.44. The van der Waals surface area contributed by atoms with Gasteiger partial charge in [0.25, 0.3) is 0 Å². The van der Waals surface area contributed by atoms with Crippen molar-refractivity contribution >= 4 is 6.09 Å². The number of alkyl carbamates (subject to hydrolysis) is 1. The quantitative estimate of drug-likeness (QED) is 0.800. The number of nitrogens with one attached hydrogen (secondary N) is 1. The number of ether oxygens (including phenoxy) is 1. The van der Waals surface area contributed by atoms with E-state index in [-0.39, 0.29) is 12.2 Å². The van der Waals surface area contributed by atoms with Crippen LogP contribution < -0.4 is 5.32 Å². The SMILES string of the molecule is C=CNC(=O)OC1CC(C)CCC1C(C)C. The Balaban J connectivity index is 2.57. The fourth-order valence-corrected chi connectivity index (χ4v) is 2.51. The summed E-state index contributed by atoms with van der Waals surface area (Å²) in [6.45, 7) is 10.1. The van der Waals surface area contributed by atoms with Gasteiger partial charge in [0, 0.05) is 0 Å². The summed E-state index contributed by atoms with van der Waals surface area (Å²) in [7, 11) is 0. The number of hydrogen-bond acceptors (Lipinski definition) is 2. The van der Waals surface area contributed by atoms with Crippen LogP contribution in [0.2, 0.25) is 0 Å². The zero-order valence-electron chi connectivity index (χ0n) is 10.5. The fraction of sp³-hybridized carbons (Fsp3) is 0.769. The van der Waals surface area contributed by atoms with Crippen LogP contribution in [0.4, 0.5) is 4.79 Å². The molecule has 1 aliphatic carbocycles. The van der Waals surface area contributed by atoms with E-state index >= 15 is 0 Å². The number of rotatable bonds is 3. The molecule has 1 rings (SSSR count). The maximum Gasteiger partial charge on any atom is 0.411 e. The van der Waals surface area contributed by atoms with Crippen LogP contribution in [0, 0.1) is 17.8 Å². The normalized spacial score (nSPS) is 29.9. The molecule has 0 spiro atoms. The zero-order chi connectivity index (χ0) is 12.1. The third kappa shape index (κ3) is 3.54. The van der Waals surface area contributed by atoms with Crippen molar-refractivity contribution in [2.45, 2.75) is 46.1 Å². The van der Waals surface area contributed by atoms with E-state index in [0.717, 1.165) is 12.8 Å². The van der Waals surface area contributed by atoms with Gasteiger partial charge in [0.1, 0.15) is 6.10 Å². The average molecular weight is 225 g/mol. The van der Waals surface area contributed by atoms with Crippen LogP contribution in [0.1, 0.15) is 40.0 Å².